The summed E-state index contributed by atoms with van der Waals surface area (Å²) in [6.07, 6.45) is 3.23. The standard InChI is InChI=1S/C21H24FN5O4S/c1-4-25(5-2)32(30,31)17-7-8-19(21(13-17)27(28)29)24-14-16-6-9-20(18(22)12-16)26-11-10-23-15(26)3/h6-13,24H,4-5,14H2,1-3H3. The van der Waals surface area contributed by atoms with Crippen molar-refractivity contribution in [1.82, 2.24) is 13.9 Å². The lowest BCUT2D eigenvalue weighted by Gasteiger charge is -2.18. The summed E-state index contributed by atoms with van der Waals surface area (Å²) in [4.78, 5) is 14.9. The van der Waals surface area contributed by atoms with E-state index in [0.717, 1.165) is 6.07 Å². The normalized spacial score (nSPS) is 11.7. The molecule has 0 amide bonds. The molecule has 32 heavy (non-hydrogen) atoms. The maximum atomic E-state index is 14.6. The minimum absolute atomic E-state index is 0.114. The molecule has 0 aliphatic rings. The molecule has 1 N–H and O–H groups in total. The maximum Gasteiger partial charge on any atom is 0.293 e. The van der Waals surface area contributed by atoms with Crippen molar-refractivity contribution < 1.29 is 17.7 Å². The third kappa shape index (κ3) is 4.63. The number of hydrogen-bond acceptors (Lipinski definition) is 6. The summed E-state index contributed by atoms with van der Waals surface area (Å²) in [7, 11) is -3.83. The van der Waals surface area contributed by atoms with Crippen LogP contribution in [0.3, 0.4) is 0 Å². The van der Waals surface area contributed by atoms with E-state index in [2.05, 4.69) is 10.3 Å². The highest BCUT2D eigenvalue weighted by molar-refractivity contribution is 7.89. The summed E-state index contributed by atoms with van der Waals surface area (Å²) in [6.45, 7) is 5.79. The number of imidazole rings is 1. The Morgan fingerprint density at radius 3 is 2.47 bits per heavy atom. The Hall–Kier alpha value is -3.31. The van der Waals surface area contributed by atoms with Gasteiger partial charge in [-0.15, -0.1) is 0 Å². The Morgan fingerprint density at radius 2 is 1.91 bits per heavy atom. The van der Waals surface area contributed by atoms with E-state index < -0.39 is 20.8 Å². The van der Waals surface area contributed by atoms with Crippen LogP contribution in [0, 0.1) is 22.9 Å². The van der Waals surface area contributed by atoms with Crippen molar-refractivity contribution in [2.45, 2.75) is 32.2 Å². The summed E-state index contributed by atoms with van der Waals surface area (Å²) in [5, 5.41) is 14.5. The van der Waals surface area contributed by atoms with Crippen LogP contribution in [-0.2, 0) is 16.6 Å². The van der Waals surface area contributed by atoms with Gasteiger partial charge in [-0.3, -0.25) is 10.1 Å². The molecular weight excluding hydrogens is 437 g/mol. The van der Waals surface area contributed by atoms with Crippen LogP contribution in [0.2, 0.25) is 0 Å². The molecule has 1 aromatic heterocycles. The highest BCUT2D eigenvalue weighted by Crippen LogP contribution is 2.29. The van der Waals surface area contributed by atoms with Crippen molar-refractivity contribution in [3.05, 3.63) is 76.1 Å². The van der Waals surface area contributed by atoms with Crippen molar-refractivity contribution in [3.8, 4) is 5.69 Å². The number of aryl methyl sites for hydroxylation is 1. The third-order valence-corrected chi connectivity index (χ3v) is 7.14. The molecular formula is C21H24FN5O4S. The predicted molar refractivity (Wildman–Crippen MR) is 119 cm³/mol. The Bertz CT molecular complexity index is 1240. The van der Waals surface area contributed by atoms with Gasteiger partial charge in [-0.25, -0.2) is 17.8 Å². The van der Waals surface area contributed by atoms with Crippen LogP contribution in [0.15, 0.2) is 53.7 Å². The van der Waals surface area contributed by atoms with Gasteiger partial charge >= 0.3 is 0 Å². The Morgan fingerprint density at radius 1 is 1.19 bits per heavy atom. The Labute approximate surface area is 185 Å². The van der Waals surface area contributed by atoms with Gasteiger partial charge in [-0.05, 0) is 36.8 Å². The quantitative estimate of drug-likeness (QED) is 0.383. The zero-order valence-electron chi connectivity index (χ0n) is 17.9. The number of rotatable bonds is 9. The largest absolute Gasteiger partial charge is 0.375 e. The molecule has 0 saturated heterocycles. The number of sulfonamides is 1. The smallest absolute Gasteiger partial charge is 0.293 e. The molecule has 3 aromatic rings. The Balaban J connectivity index is 1.84. The highest BCUT2D eigenvalue weighted by atomic mass is 32.2. The number of benzene rings is 2. The molecule has 0 spiro atoms. The van der Waals surface area contributed by atoms with Gasteiger partial charge in [0.05, 0.1) is 15.5 Å². The molecule has 2 aromatic carbocycles. The number of nitro benzene ring substituents is 1. The van der Waals surface area contributed by atoms with Crippen LogP contribution in [0.5, 0.6) is 0 Å². The molecule has 0 saturated carbocycles. The molecule has 0 radical (unpaired) electrons. The number of nitro groups is 1. The third-order valence-electron chi connectivity index (χ3n) is 5.09. The van der Waals surface area contributed by atoms with Crippen molar-refractivity contribution in [1.29, 1.82) is 0 Å². The van der Waals surface area contributed by atoms with Crippen molar-refractivity contribution in [3.63, 3.8) is 0 Å². The lowest BCUT2D eigenvalue weighted by molar-refractivity contribution is -0.384. The summed E-state index contributed by atoms with van der Waals surface area (Å²) >= 11 is 0. The van der Waals surface area contributed by atoms with Crippen LogP contribution < -0.4 is 5.32 Å². The van der Waals surface area contributed by atoms with Gasteiger partial charge in [0, 0.05) is 38.1 Å². The monoisotopic (exact) mass is 461 g/mol. The number of halogens is 1. The summed E-state index contributed by atoms with van der Waals surface area (Å²) < 4.78 is 42.8. The maximum absolute atomic E-state index is 14.6. The van der Waals surface area contributed by atoms with Crippen LogP contribution >= 0.6 is 0 Å². The molecule has 0 unspecified atom stereocenters. The molecule has 0 fully saturated rings. The van der Waals surface area contributed by atoms with Crippen molar-refractivity contribution >= 4 is 21.4 Å². The first-order valence-electron chi connectivity index (χ1n) is 10.00. The average molecular weight is 462 g/mol. The first-order valence-corrected chi connectivity index (χ1v) is 11.4. The summed E-state index contributed by atoms with van der Waals surface area (Å²) in [6, 6.07) is 8.38. The summed E-state index contributed by atoms with van der Waals surface area (Å²) in [5.74, 6) is 0.186. The number of nitrogens with zero attached hydrogens (tertiary/aromatic N) is 4. The average Bonchev–Trinajstić information content (AvgIpc) is 3.18. The number of anilines is 1. The SMILES string of the molecule is CCN(CC)S(=O)(=O)c1ccc(NCc2ccc(-n3ccnc3C)c(F)c2)c([N+](=O)[O-])c1. The van der Waals surface area contributed by atoms with Crippen LogP contribution in [0.1, 0.15) is 25.2 Å². The summed E-state index contributed by atoms with van der Waals surface area (Å²) in [5.41, 5.74) is 0.687. The molecule has 11 heteroatoms. The first-order chi connectivity index (χ1) is 15.2. The number of hydrogen-bond donors (Lipinski definition) is 1. The fraction of sp³-hybridized carbons (Fsp3) is 0.286. The molecule has 0 atom stereocenters. The zero-order chi connectivity index (χ0) is 23.5. The van der Waals surface area contributed by atoms with Gasteiger partial charge in [0.15, 0.2) is 0 Å². The van der Waals surface area contributed by atoms with Gasteiger partial charge in [0.2, 0.25) is 10.0 Å². The minimum atomic E-state index is -3.83. The number of aromatic nitrogens is 2. The Kier molecular flexibility index (Phi) is 6.90. The highest BCUT2D eigenvalue weighted by Gasteiger charge is 2.25. The fourth-order valence-corrected chi connectivity index (χ4v) is 4.85. The second-order valence-corrected chi connectivity index (χ2v) is 8.95. The van der Waals surface area contributed by atoms with E-state index in [1.807, 2.05) is 0 Å². The molecule has 0 bridgehead atoms. The van der Waals surface area contributed by atoms with E-state index in [0.29, 0.717) is 17.1 Å². The zero-order valence-corrected chi connectivity index (χ0v) is 18.8. The second-order valence-electron chi connectivity index (χ2n) is 7.01. The van der Waals surface area contributed by atoms with E-state index in [1.165, 1.54) is 22.5 Å². The topological polar surface area (TPSA) is 110 Å². The van der Waals surface area contributed by atoms with E-state index in [4.69, 9.17) is 0 Å². The lowest BCUT2D eigenvalue weighted by Crippen LogP contribution is -2.30. The molecule has 0 aliphatic carbocycles. The van der Waals surface area contributed by atoms with Crippen LogP contribution in [0.4, 0.5) is 15.8 Å². The van der Waals surface area contributed by atoms with Crippen molar-refractivity contribution in [2.24, 2.45) is 0 Å². The molecule has 170 valence electrons. The second kappa shape index (κ2) is 9.45. The minimum Gasteiger partial charge on any atom is -0.375 e. The molecule has 9 nitrogen and oxygen atoms in total. The fourth-order valence-electron chi connectivity index (χ4n) is 3.37. The van der Waals surface area contributed by atoms with Crippen LogP contribution in [-0.4, -0.2) is 40.3 Å². The van der Waals surface area contributed by atoms with Gasteiger partial charge in [0.25, 0.3) is 5.69 Å². The van der Waals surface area contributed by atoms with E-state index in [-0.39, 0.29) is 35.9 Å². The van der Waals surface area contributed by atoms with E-state index in [9.17, 15) is 22.9 Å². The predicted octanol–water partition coefficient (Wildman–Crippen LogP) is 3.87. The van der Waals surface area contributed by atoms with Gasteiger partial charge < -0.3 is 9.88 Å². The van der Waals surface area contributed by atoms with E-state index in [1.54, 1.807) is 49.9 Å². The molecule has 1 heterocycles. The van der Waals surface area contributed by atoms with Crippen LogP contribution in [0.25, 0.3) is 5.69 Å². The first kappa shape index (κ1) is 23.4. The van der Waals surface area contributed by atoms with Gasteiger partial charge in [-0.1, -0.05) is 19.9 Å². The lowest BCUT2D eigenvalue weighted by atomic mass is 10.1. The molecule has 0 aliphatic heterocycles. The van der Waals surface area contributed by atoms with Crippen molar-refractivity contribution in [2.75, 3.05) is 18.4 Å². The van der Waals surface area contributed by atoms with Gasteiger partial charge in [-0.2, -0.15) is 4.31 Å². The number of nitrogens with one attached hydrogen (secondary N) is 1. The van der Waals surface area contributed by atoms with Gasteiger partial charge in [0.1, 0.15) is 17.3 Å². The van der Waals surface area contributed by atoms with E-state index >= 15 is 0 Å². The molecule has 3 rings (SSSR count).